The van der Waals surface area contributed by atoms with Crippen LogP contribution in [0, 0.1) is 0 Å². The Bertz CT molecular complexity index is 798. The van der Waals surface area contributed by atoms with Gasteiger partial charge in [0.05, 0.1) is 15.1 Å². The summed E-state index contributed by atoms with van der Waals surface area (Å²) in [6.45, 7) is 0. The van der Waals surface area contributed by atoms with Crippen molar-refractivity contribution in [2.24, 2.45) is 0 Å². The molecule has 24 heavy (non-hydrogen) atoms. The molecule has 0 radical (unpaired) electrons. The van der Waals surface area contributed by atoms with Crippen molar-refractivity contribution in [2.45, 2.75) is 14.7 Å². The summed E-state index contributed by atoms with van der Waals surface area (Å²) in [6, 6.07) is 0. The van der Waals surface area contributed by atoms with Crippen LogP contribution in [0.1, 0.15) is 0 Å². The van der Waals surface area contributed by atoms with Gasteiger partial charge in [0.25, 0.3) is 30.4 Å². The van der Waals surface area contributed by atoms with Gasteiger partial charge in [0, 0.05) is 0 Å². The van der Waals surface area contributed by atoms with Gasteiger partial charge in [-0.3, -0.25) is 13.7 Å². The molecular weight excluding hydrogens is 488 g/mol. The molecule has 1 aromatic rings. The Hall–Kier alpha value is 2.82. The molecule has 3 N–H and O–H groups in total. The van der Waals surface area contributed by atoms with Crippen molar-refractivity contribution in [1.82, 2.24) is 0 Å². The zero-order chi connectivity index (χ0) is 17.0. The molecule has 126 valence electrons. The third-order valence-electron chi connectivity index (χ3n) is 1.97. The van der Waals surface area contributed by atoms with Crippen LogP contribution in [0.25, 0.3) is 0 Å². The van der Waals surface area contributed by atoms with E-state index in [1.807, 2.05) is 0 Å². The second-order valence-corrected chi connectivity index (χ2v) is 8.56. The monoisotopic (exact) mass is 492 g/mol. The van der Waals surface area contributed by atoms with Crippen molar-refractivity contribution in [2.75, 3.05) is 0 Å². The first-order valence-corrected chi connectivity index (χ1v) is 9.68. The van der Waals surface area contributed by atoms with Crippen molar-refractivity contribution in [3.63, 3.8) is 0 Å². The van der Waals surface area contributed by atoms with Crippen LogP contribution in [0.3, 0.4) is 0 Å². The minimum atomic E-state index is -5.32. The molecular formula is C6H6Cl3Na3O9S3. The summed E-state index contributed by atoms with van der Waals surface area (Å²) in [6.07, 6.45) is 0. The van der Waals surface area contributed by atoms with Gasteiger partial charge < -0.3 is 0 Å². The molecule has 0 aliphatic carbocycles. The van der Waals surface area contributed by atoms with Crippen molar-refractivity contribution < 1.29 is 38.9 Å². The molecule has 1 rings (SSSR count). The van der Waals surface area contributed by atoms with Gasteiger partial charge in [-0.2, -0.15) is 25.3 Å². The fourth-order valence-corrected chi connectivity index (χ4v) is 5.91. The SMILES string of the molecule is O=S(=O)(O)c1c(Cl)c(S(=O)(=O)O)c(Cl)c(S(=O)(=O)O)c1Cl.[NaH].[NaH].[NaH]. The molecule has 0 unspecified atom stereocenters. The quantitative estimate of drug-likeness (QED) is 0.370. The summed E-state index contributed by atoms with van der Waals surface area (Å²) in [5.41, 5.74) is 0. The van der Waals surface area contributed by atoms with E-state index in [2.05, 4.69) is 0 Å². The van der Waals surface area contributed by atoms with E-state index in [4.69, 9.17) is 48.5 Å². The number of halogens is 3. The minimum absolute atomic E-state index is 0. The summed E-state index contributed by atoms with van der Waals surface area (Å²) in [5.74, 6) is 0. The normalized spacial score (nSPS) is 11.8. The maximum absolute atomic E-state index is 11.1. The molecule has 0 saturated heterocycles. The van der Waals surface area contributed by atoms with E-state index >= 15 is 0 Å². The van der Waals surface area contributed by atoms with Crippen LogP contribution in [0.15, 0.2) is 14.7 Å². The molecule has 0 bridgehead atoms. The second kappa shape index (κ2) is 10.6. The third-order valence-corrected chi connectivity index (χ3v) is 6.55. The van der Waals surface area contributed by atoms with Gasteiger partial charge in [0.1, 0.15) is 14.7 Å². The molecule has 0 aromatic heterocycles. The number of hydrogen-bond acceptors (Lipinski definition) is 6. The van der Waals surface area contributed by atoms with Crippen LogP contribution in [0.2, 0.25) is 15.1 Å². The van der Waals surface area contributed by atoms with Crippen LogP contribution in [-0.2, 0) is 30.4 Å². The van der Waals surface area contributed by atoms with Crippen LogP contribution >= 0.6 is 34.8 Å². The number of hydrogen-bond donors (Lipinski definition) is 3. The first-order chi connectivity index (χ1) is 9.10. The van der Waals surface area contributed by atoms with Crippen LogP contribution in [0.4, 0.5) is 0 Å². The first-order valence-electron chi connectivity index (χ1n) is 4.23. The Morgan fingerprint density at radius 3 is 0.708 bits per heavy atom. The van der Waals surface area contributed by atoms with Gasteiger partial charge in [-0.15, -0.1) is 0 Å². The van der Waals surface area contributed by atoms with Crippen molar-refractivity contribution >= 4 is 154 Å². The first kappa shape index (κ1) is 31.5. The van der Waals surface area contributed by atoms with Crippen LogP contribution in [0.5, 0.6) is 0 Å². The molecule has 0 saturated carbocycles. The zero-order valence-electron chi connectivity index (χ0n) is 9.15. The van der Waals surface area contributed by atoms with Crippen molar-refractivity contribution in [3.05, 3.63) is 15.1 Å². The summed E-state index contributed by atoms with van der Waals surface area (Å²) in [5, 5.41) is -4.03. The molecule has 0 heterocycles. The number of rotatable bonds is 3. The van der Waals surface area contributed by atoms with Gasteiger partial charge in [0.2, 0.25) is 0 Å². The molecule has 0 aliphatic rings. The molecule has 9 nitrogen and oxygen atoms in total. The van der Waals surface area contributed by atoms with Gasteiger partial charge in [-0.25, -0.2) is 0 Å². The van der Waals surface area contributed by atoms with Crippen molar-refractivity contribution in [1.29, 1.82) is 0 Å². The van der Waals surface area contributed by atoms with E-state index in [0.29, 0.717) is 0 Å². The van der Waals surface area contributed by atoms with E-state index in [0.717, 1.165) is 0 Å². The molecule has 0 spiro atoms. The maximum atomic E-state index is 11.1. The fourth-order valence-electron chi connectivity index (χ4n) is 1.28. The zero-order valence-corrected chi connectivity index (χ0v) is 13.9. The number of benzene rings is 1. The Kier molecular flexibility index (Phi) is 13.9. The van der Waals surface area contributed by atoms with E-state index in [1.54, 1.807) is 0 Å². The van der Waals surface area contributed by atoms with Gasteiger partial charge in [-0.05, 0) is 0 Å². The third kappa shape index (κ3) is 7.01. The summed E-state index contributed by atoms with van der Waals surface area (Å²) in [4.78, 5) is -4.68. The molecule has 0 aliphatic heterocycles. The molecule has 1 aromatic carbocycles. The van der Waals surface area contributed by atoms with E-state index in [-0.39, 0.29) is 88.7 Å². The Morgan fingerprint density at radius 2 is 0.625 bits per heavy atom. The van der Waals surface area contributed by atoms with E-state index < -0.39 is 60.1 Å². The van der Waals surface area contributed by atoms with Gasteiger partial charge in [0.15, 0.2) is 0 Å². The summed E-state index contributed by atoms with van der Waals surface area (Å²) >= 11 is 16.2. The van der Waals surface area contributed by atoms with Crippen molar-refractivity contribution in [3.8, 4) is 0 Å². The van der Waals surface area contributed by atoms with Crippen LogP contribution in [-0.4, -0.2) is 128 Å². The van der Waals surface area contributed by atoms with E-state index in [9.17, 15) is 25.3 Å². The van der Waals surface area contributed by atoms with E-state index in [1.165, 1.54) is 0 Å². The fraction of sp³-hybridized carbons (Fsp3) is 0. The average Bonchev–Trinajstić information content (AvgIpc) is 2.07. The predicted molar refractivity (Wildman–Crippen MR) is 92.4 cm³/mol. The molecule has 0 atom stereocenters. The topological polar surface area (TPSA) is 163 Å². The van der Waals surface area contributed by atoms with Gasteiger partial charge in [-0.1, -0.05) is 34.8 Å². The Balaban J connectivity index is -0.00000147. The molecule has 0 amide bonds. The Morgan fingerprint density at radius 1 is 0.500 bits per heavy atom. The van der Waals surface area contributed by atoms with Gasteiger partial charge >= 0.3 is 88.7 Å². The molecule has 18 heteroatoms. The average molecular weight is 494 g/mol. The standard InChI is InChI=1S/C6H3Cl3O9S3.3Na.3H/c7-1-4(19(10,11)12)2(8)6(21(16,17)18)3(9)5(1)20(13,14)15;;;;;;/h(H,10,11,12)(H,13,14,15)(H,16,17,18);;;;;;. The Labute approximate surface area is 218 Å². The predicted octanol–water partition coefficient (Wildman–Crippen LogP) is -0.559. The second-order valence-electron chi connectivity index (χ2n) is 3.35. The summed E-state index contributed by atoms with van der Waals surface area (Å²) < 4.78 is 93.6. The molecule has 0 fully saturated rings. The van der Waals surface area contributed by atoms with Crippen LogP contribution < -0.4 is 0 Å². The summed E-state index contributed by atoms with van der Waals surface area (Å²) in [7, 11) is -16.0.